The molecule has 1 aromatic carbocycles. The van der Waals surface area contributed by atoms with Crippen molar-refractivity contribution in [3.63, 3.8) is 0 Å². The van der Waals surface area contributed by atoms with E-state index in [9.17, 15) is 4.79 Å². The summed E-state index contributed by atoms with van der Waals surface area (Å²) in [5.74, 6) is 0.177. The molecule has 3 nitrogen and oxygen atoms in total. The quantitative estimate of drug-likeness (QED) is 0.878. The monoisotopic (exact) mass is 242 g/mol. The first-order chi connectivity index (χ1) is 8.79. The second-order valence-corrected chi connectivity index (χ2v) is 5.01. The summed E-state index contributed by atoms with van der Waals surface area (Å²) in [5, 5.41) is 1.15. The van der Waals surface area contributed by atoms with Crippen molar-refractivity contribution in [1.29, 1.82) is 0 Å². The van der Waals surface area contributed by atoms with Crippen LogP contribution in [0.25, 0.3) is 10.9 Å². The summed E-state index contributed by atoms with van der Waals surface area (Å²) < 4.78 is 0. The molecule has 0 unspecified atom stereocenters. The van der Waals surface area contributed by atoms with E-state index in [4.69, 9.17) is 0 Å². The molecular formula is C15H18N2O. The maximum absolute atomic E-state index is 12.5. The lowest BCUT2D eigenvalue weighted by molar-refractivity contribution is 0.0743. The number of aromatic nitrogens is 1. The van der Waals surface area contributed by atoms with Gasteiger partial charge in [-0.25, -0.2) is 0 Å². The van der Waals surface area contributed by atoms with Crippen LogP contribution in [-0.4, -0.2) is 28.4 Å². The zero-order valence-corrected chi connectivity index (χ0v) is 10.6. The molecule has 1 fully saturated rings. The first-order valence-electron chi connectivity index (χ1n) is 6.67. The summed E-state index contributed by atoms with van der Waals surface area (Å²) >= 11 is 0. The molecule has 1 aliphatic carbocycles. The summed E-state index contributed by atoms with van der Waals surface area (Å²) in [5.41, 5.74) is 1.83. The van der Waals surface area contributed by atoms with Gasteiger partial charge >= 0.3 is 0 Å². The Hall–Kier alpha value is -1.77. The third kappa shape index (κ3) is 2.01. The lowest BCUT2D eigenvalue weighted by atomic mass is 10.1. The van der Waals surface area contributed by atoms with Crippen molar-refractivity contribution in [3.05, 3.63) is 36.0 Å². The standard InChI is InChI=1S/C15H18N2O/c1-2-9-17(13-5-6-13)15(18)12-4-3-11-7-8-16-14(11)10-12/h3-4,7-8,10,13,16H,2,5-6,9H2,1H3. The first-order valence-corrected chi connectivity index (χ1v) is 6.67. The van der Waals surface area contributed by atoms with Crippen LogP contribution in [0.1, 0.15) is 36.5 Å². The molecule has 1 aliphatic rings. The fourth-order valence-corrected chi connectivity index (χ4v) is 2.42. The molecule has 2 aromatic rings. The summed E-state index contributed by atoms with van der Waals surface area (Å²) in [6.45, 7) is 2.99. The summed E-state index contributed by atoms with van der Waals surface area (Å²) in [4.78, 5) is 17.7. The summed E-state index contributed by atoms with van der Waals surface area (Å²) in [7, 11) is 0. The van der Waals surface area contributed by atoms with Gasteiger partial charge in [0.2, 0.25) is 0 Å². The molecule has 0 bridgehead atoms. The van der Waals surface area contributed by atoms with Crippen LogP contribution in [0.3, 0.4) is 0 Å². The molecule has 1 amide bonds. The van der Waals surface area contributed by atoms with Gasteiger partial charge in [-0.1, -0.05) is 13.0 Å². The Morgan fingerprint density at radius 3 is 2.94 bits per heavy atom. The topological polar surface area (TPSA) is 36.1 Å². The second kappa shape index (κ2) is 4.48. The number of carbonyl (C=O) groups excluding carboxylic acids is 1. The highest BCUT2D eigenvalue weighted by molar-refractivity contribution is 5.98. The normalized spacial score (nSPS) is 14.9. The molecule has 3 rings (SSSR count). The highest BCUT2D eigenvalue weighted by Crippen LogP contribution is 2.28. The van der Waals surface area contributed by atoms with Crippen LogP contribution < -0.4 is 0 Å². The van der Waals surface area contributed by atoms with Crippen molar-refractivity contribution >= 4 is 16.8 Å². The Morgan fingerprint density at radius 1 is 1.39 bits per heavy atom. The average Bonchev–Trinajstić information content (AvgIpc) is 3.12. The van der Waals surface area contributed by atoms with Crippen LogP contribution in [0.15, 0.2) is 30.5 Å². The van der Waals surface area contributed by atoms with Gasteiger partial charge in [0.25, 0.3) is 5.91 Å². The molecule has 0 radical (unpaired) electrons. The van der Waals surface area contributed by atoms with Crippen molar-refractivity contribution in [2.24, 2.45) is 0 Å². The lowest BCUT2D eigenvalue weighted by Gasteiger charge is -2.21. The van der Waals surface area contributed by atoms with Gasteiger partial charge in [-0.2, -0.15) is 0 Å². The predicted octanol–water partition coefficient (Wildman–Crippen LogP) is 3.18. The number of amides is 1. The number of carbonyl (C=O) groups is 1. The fourth-order valence-electron chi connectivity index (χ4n) is 2.42. The van der Waals surface area contributed by atoms with E-state index in [1.54, 1.807) is 0 Å². The summed E-state index contributed by atoms with van der Waals surface area (Å²) in [6, 6.07) is 8.41. The zero-order chi connectivity index (χ0) is 12.5. The van der Waals surface area contributed by atoms with E-state index in [2.05, 4.69) is 11.9 Å². The van der Waals surface area contributed by atoms with Gasteiger partial charge in [-0.05, 0) is 42.8 Å². The molecule has 3 heteroatoms. The third-order valence-corrected chi connectivity index (χ3v) is 3.51. The number of nitrogens with one attached hydrogen (secondary N) is 1. The smallest absolute Gasteiger partial charge is 0.254 e. The highest BCUT2D eigenvalue weighted by atomic mass is 16.2. The number of H-pyrrole nitrogens is 1. The fraction of sp³-hybridized carbons (Fsp3) is 0.400. The van der Waals surface area contributed by atoms with Gasteiger partial charge < -0.3 is 9.88 Å². The van der Waals surface area contributed by atoms with E-state index < -0.39 is 0 Å². The largest absolute Gasteiger partial charge is 0.361 e. The lowest BCUT2D eigenvalue weighted by Crippen LogP contribution is -2.33. The number of fused-ring (bicyclic) bond motifs is 1. The number of hydrogen-bond donors (Lipinski definition) is 1. The minimum atomic E-state index is 0.177. The van der Waals surface area contributed by atoms with Crippen molar-refractivity contribution in [2.75, 3.05) is 6.54 Å². The molecule has 0 aliphatic heterocycles. The number of benzene rings is 1. The molecule has 1 N–H and O–H groups in total. The van der Waals surface area contributed by atoms with Crippen molar-refractivity contribution in [2.45, 2.75) is 32.2 Å². The molecule has 1 aromatic heterocycles. The summed E-state index contributed by atoms with van der Waals surface area (Å²) in [6.07, 6.45) is 5.25. The molecule has 0 spiro atoms. The van der Waals surface area contributed by atoms with Crippen LogP contribution >= 0.6 is 0 Å². The number of nitrogens with zero attached hydrogens (tertiary/aromatic N) is 1. The van der Waals surface area contributed by atoms with E-state index >= 15 is 0 Å². The molecule has 1 heterocycles. The van der Waals surface area contributed by atoms with Crippen molar-refractivity contribution < 1.29 is 4.79 Å². The van der Waals surface area contributed by atoms with E-state index in [1.165, 1.54) is 0 Å². The van der Waals surface area contributed by atoms with Crippen LogP contribution in [-0.2, 0) is 0 Å². The average molecular weight is 242 g/mol. The zero-order valence-electron chi connectivity index (χ0n) is 10.6. The molecular weight excluding hydrogens is 224 g/mol. The van der Waals surface area contributed by atoms with Gasteiger partial charge in [0.15, 0.2) is 0 Å². The van der Waals surface area contributed by atoms with Gasteiger partial charge in [0.05, 0.1) is 0 Å². The van der Waals surface area contributed by atoms with E-state index in [0.29, 0.717) is 6.04 Å². The maximum atomic E-state index is 12.5. The Balaban J connectivity index is 1.89. The Morgan fingerprint density at radius 2 is 2.22 bits per heavy atom. The number of aromatic amines is 1. The maximum Gasteiger partial charge on any atom is 0.254 e. The van der Waals surface area contributed by atoms with Crippen molar-refractivity contribution in [3.8, 4) is 0 Å². The van der Waals surface area contributed by atoms with Crippen molar-refractivity contribution in [1.82, 2.24) is 9.88 Å². The van der Waals surface area contributed by atoms with Crippen LogP contribution in [0.4, 0.5) is 0 Å². The Labute approximate surface area is 107 Å². The van der Waals surface area contributed by atoms with Crippen LogP contribution in [0, 0.1) is 0 Å². The molecule has 1 saturated carbocycles. The van der Waals surface area contributed by atoms with Gasteiger partial charge in [-0.15, -0.1) is 0 Å². The predicted molar refractivity (Wildman–Crippen MR) is 72.6 cm³/mol. The molecule has 0 atom stereocenters. The van der Waals surface area contributed by atoms with E-state index in [1.807, 2.05) is 35.4 Å². The minimum Gasteiger partial charge on any atom is -0.361 e. The van der Waals surface area contributed by atoms with Gasteiger partial charge in [0, 0.05) is 29.9 Å². The van der Waals surface area contributed by atoms with Crippen LogP contribution in [0.2, 0.25) is 0 Å². The van der Waals surface area contributed by atoms with E-state index in [-0.39, 0.29) is 5.91 Å². The third-order valence-electron chi connectivity index (χ3n) is 3.51. The first kappa shape index (κ1) is 11.3. The molecule has 18 heavy (non-hydrogen) atoms. The van der Waals surface area contributed by atoms with Gasteiger partial charge in [0.1, 0.15) is 0 Å². The second-order valence-electron chi connectivity index (χ2n) is 5.01. The van der Waals surface area contributed by atoms with Gasteiger partial charge in [-0.3, -0.25) is 4.79 Å². The highest BCUT2D eigenvalue weighted by Gasteiger charge is 2.32. The number of hydrogen-bond acceptors (Lipinski definition) is 1. The molecule has 0 saturated heterocycles. The van der Waals surface area contributed by atoms with E-state index in [0.717, 1.165) is 42.3 Å². The molecule has 94 valence electrons. The SMILES string of the molecule is CCCN(C(=O)c1ccc2cc[nH]c2c1)C1CC1. The number of rotatable bonds is 4. The van der Waals surface area contributed by atoms with Crippen LogP contribution in [0.5, 0.6) is 0 Å². The minimum absolute atomic E-state index is 0.177. The Bertz CT molecular complexity index is 569. The Kier molecular flexibility index (Phi) is 2.82.